The quantitative estimate of drug-likeness (QED) is 0.579. The fourth-order valence-electron chi connectivity index (χ4n) is 2.28. The van der Waals surface area contributed by atoms with E-state index in [0.717, 1.165) is 16.0 Å². The van der Waals surface area contributed by atoms with Crippen molar-refractivity contribution in [2.45, 2.75) is 13.5 Å². The van der Waals surface area contributed by atoms with Crippen LogP contribution in [0, 0.1) is 6.92 Å². The van der Waals surface area contributed by atoms with Gasteiger partial charge in [0, 0.05) is 5.56 Å². The van der Waals surface area contributed by atoms with Gasteiger partial charge in [-0.15, -0.1) is 21.5 Å². The van der Waals surface area contributed by atoms with Crippen molar-refractivity contribution in [1.82, 2.24) is 19.7 Å². The van der Waals surface area contributed by atoms with E-state index in [2.05, 4.69) is 15.2 Å². The molecule has 3 aromatic heterocycles. The third-order valence-electron chi connectivity index (χ3n) is 3.52. The minimum atomic E-state index is -0.105. The third-order valence-corrected chi connectivity index (χ3v) is 4.34. The average molecular weight is 324 g/mol. The number of aryl methyl sites for hydroxylation is 1. The third kappa shape index (κ3) is 2.55. The molecule has 114 valence electrons. The molecule has 0 radical (unpaired) electrons. The van der Waals surface area contributed by atoms with E-state index in [-0.39, 0.29) is 12.1 Å². The van der Waals surface area contributed by atoms with Gasteiger partial charge < -0.3 is 4.42 Å². The van der Waals surface area contributed by atoms with Crippen LogP contribution in [0.2, 0.25) is 0 Å². The molecule has 0 spiro atoms. The Morgan fingerprint density at radius 1 is 1.17 bits per heavy atom. The normalized spacial score (nSPS) is 11.2. The Morgan fingerprint density at radius 2 is 2.00 bits per heavy atom. The standard InChI is InChI=1S/C16H12N4O2S/c1-10-2-4-11(5-3-10)14-19-18-13(22-14)8-20-9-17-15-12(16(20)21)6-7-23-15/h2-7,9H,8H2,1H3. The number of hydrogen-bond donors (Lipinski definition) is 0. The molecule has 3 heterocycles. The highest BCUT2D eigenvalue weighted by Crippen LogP contribution is 2.19. The molecule has 1 aromatic carbocycles. The Kier molecular flexibility index (Phi) is 3.27. The molecule has 4 aromatic rings. The highest BCUT2D eigenvalue weighted by atomic mass is 32.1. The first-order chi connectivity index (χ1) is 11.2. The van der Waals surface area contributed by atoms with Gasteiger partial charge in [-0.3, -0.25) is 9.36 Å². The number of benzene rings is 1. The predicted molar refractivity (Wildman–Crippen MR) is 87.5 cm³/mol. The topological polar surface area (TPSA) is 73.8 Å². The van der Waals surface area contributed by atoms with Crippen LogP contribution < -0.4 is 5.56 Å². The minimum absolute atomic E-state index is 0.105. The van der Waals surface area contributed by atoms with Gasteiger partial charge in [-0.25, -0.2) is 4.98 Å². The van der Waals surface area contributed by atoms with Crippen molar-refractivity contribution in [2.24, 2.45) is 0 Å². The Hall–Kier alpha value is -2.80. The van der Waals surface area contributed by atoms with E-state index < -0.39 is 0 Å². The van der Waals surface area contributed by atoms with Crippen LogP contribution in [0.1, 0.15) is 11.5 Å². The average Bonchev–Trinajstić information content (AvgIpc) is 3.20. The molecular weight excluding hydrogens is 312 g/mol. The highest BCUT2D eigenvalue weighted by molar-refractivity contribution is 7.16. The van der Waals surface area contributed by atoms with E-state index in [0.29, 0.717) is 17.2 Å². The van der Waals surface area contributed by atoms with Crippen molar-refractivity contribution in [3.8, 4) is 11.5 Å². The summed E-state index contributed by atoms with van der Waals surface area (Å²) in [5.41, 5.74) is 1.91. The summed E-state index contributed by atoms with van der Waals surface area (Å²) in [4.78, 5) is 17.3. The second-order valence-corrected chi connectivity index (χ2v) is 6.08. The second-order valence-electron chi connectivity index (χ2n) is 5.18. The van der Waals surface area contributed by atoms with E-state index in [1.54, 1.807) is 6.07 Å². The Balaban J connectivity index is 1.65. The summed E-state index contributed by atoms with van der Waals surface area (Å²) in [6.45, 7) is 2.22. The zero-order valence-electron chi connectivity index (χ0n) is 12.3. The first-order valence-electron chi connectivity index (χ1n) is 7.03. The monoisotopic (exact) mass is 324 g/mol. The Labute approximate surface area is 135 Å². The van der Waals surface area contributed by atoms with Crippen molar-refractivity contribution in [1.29, 1.82) is 0 Å². The SMILES string of the molecule is Cc1ccc(-c2nnc(Cn3cnc4sccc4c3=O)o2)cc1. The van der Waals surface area contributed by atoms with Crippen LogP contribution >= 0.6 is 11.3 Å². The van der Waals surface area contributed by atoms with Crippen LogP contribution in [0.25, 0.3) is 21.7 Å². The van der Waals surface area contributed by atoms with Gasteiger partial charge in [0.2, 0.25) is 11.8 Å². The van der Waals surface area contributed by atoms with Crippen LogP contribution in [0.4, 0.5) is 0 Å². The number of nitrogens with zero attached hydrogens (tertiary/aromatic N) is 4. The summed E-state index contributed by atoms with van der Waals surface area (Å²) in [6, 6.07) is 9.60. The lowest BCUT2D eigenvalue weighted by molar-refractivity contribution is 0.483. The zero-order chi connectivity index (χ0) is 15.8. The summed E-state index contributed by atoms with van der Waals surface area (Å²) in [5, 5.41) is 10.5. The summed E-state index contributed by atoms with van der Waals surface area (Å²) < 4.78 is 7.13. The molecule has 0 saturated carbocycles. The van der Waals surface area contributed by atoms with Gasteiger partial charge >= 0.3 is 0 Å². The van der Waals surface area contributed by atoms with Crippen LogP contribution in [0.5, 0.6) is 0 Å². The Bertz CT molecular complexity index is 1030. The summed E-state index contributed by atoms with van der Waals surface area (Å²) in [5.74, 6) is 0.816. The molecule has 0 fully saturated rings. The van der Waals surface area contributed by atoms with Gasteiger partial charge in [-0.1, -0.05) is 17.7 Å². The van der Waals surface area contributed by atoms with Gasteiger partial charge in [-0.2, -0.15) is 0 Å². The second kappa shape index (κ2) is 5.44. The minimum Gasteiger partial charge on any atom is -0.419 e. The molecule has 7 heteroatoms. The molecule has 23 heavy (non-hydrogen) atoms. The van der Waals surface area contributed by atoms with Crippen molar-refractivity contribution in [2.75, 3.05) is 0 Å². The molecule has 0 N–H and O–H groups in total. The van der Waals surface area contributed by atoms with Gasteiger partial charge in [0.05, 0.1) is 11.7 Å². The van der Waals surface area contributed by atoms with Crippen molar-refractivity contribution >= 4 is 21.6 Å². The fourth-order valence-corrected chi connectivity index (χ4v) is 3.01. The van der Waals surface area contributed by atoms with Crippen molar-refractivity contribution in [3.05, 3.63) is 63.8 Å². The lowest BCUT2D eigenvalue weighted by Crippen LogP contribution is -2.20. The van der Waals surface area contributed by atoms with Gasteiger partial charge in [0.15, 0.2) is 0 Å². The molecule has 0 aliphatic carbocycles. The number of thiophene rings is 1. The Morgan fingerprint density at radius 3 is 2.83 bits per heavy atom. The fraction of sp³-hybridized carbons (Fsp3) is 0.125. The van der Waals surface area contributed by atoms with Gasteiger partial charge in [0.1, 0.15) is 11.4 Å². The molecule has 4 rings (SSSR count). The molecule has 0 bridgehead atoms. The maximum absolute atomic E-state index is 12.3. The molecule has 0 unspecified atom stereocenters. The molecule has 0 saturated heterocycles. The number of rotatable bonds is 3. The lowest BCUT2D eigenvalue weighted by atomic mass is 10.1. The van der Waals surface area contributed by atoms with E-state index in [4.69, 9.17) is 4.42 Å². The molecule has 6 nitrogen and oxygen atoms in total. The van der Waals surface area contributed by atoms with Crippen LogP contribution in [-0.4, -0.2) is 19.7 Å². The van der Waals surface area contributed by atoms with Crippen LogP contribution in [-0.2, 0) is 6.54 Å². The molecule has 0 amide bonds. The van der Waals surface area contributed by atoms with Crippen molar-refractivity contribution < 1.29 is 4.42 Å². The van der Waals surface area contributed by atoms with Crippen molar-refractivity contribution in [3.63, 3.8) is 0 Å². The largest absolute Gasteiger partial charge is 0.419 e. The molecule has 0 aliphatic rings. The zero-order valence-corrected chi connectivity index (χ0v) is 13.1. The van der Waals surface area contributed by atoms with Gasteiger partial charge in [0.25, 0.3) is 5.56 Å². The van der Waals surface area contributed by atoms with E-state index in [9.17, 15) is 4.79 Å². The first-order valence-corrected chi connectivity index (χ1v) is 7.91. The summed E-state index contributed by atoms with van der Waals surface area (Å²) >= 11 is 1.44. The first kappa shape index (κ1) is 13.8. The van der Waals surface area contributed by atoms with Crippen LogP contribution in [0.15, 0.2) is 51.3 Å². The molecule has 0 atom stereocenters. The summed E-state index contributed by atoms with van der Waals surface area (Å²) in [7, 11) is 0. The van der Waals surface area contributed by atoms with E-state index in [1.165, 1.54) is 22.2 Å². The van der Waals surface area contributed by atoms with E-state index >= 15 is 0 Å². The van der Waals surface area contributed by atoms with Gasteiger partial charge in [-0.05, 0) is 30.5 Å². The lowest BCUT2D eigenvalue weighted by Gasteiger charge is -2.01. The number of hydrogen-bond acceptors (Lipinski definition) is 6. The van der Waals surface area contributed by atoms with Crippen LogP contribution in [0.3, 0.4) is 0 Å². The van der Waals surface area contributed by atoms with E-state index in [1.807, 2.05) is 36.6 Å². The smallest absolute Gasteiger partial charge is 0.262 e. The molecule has 0 aliphatic heterocycles. The number of aromatic nitrogens is 4. The maximum atomic E-state index is 12.3. The maximum Gasteiger partial charge on any atom is 0.262 e. The summed E-state index contributed by atoms with van der Waals surface area (Å²) in [6.07, 6.45) is 1.51. The number of fused-ring (bicyclic) bond motifs is 1. The molecular formula is C16H12N4O2S. The predicted octanol–water partition coefficient (Wildman–Crippen LogP) is 2.86. The highest BCUT2D eigenvalue weighted by Gasteiger charge is 2.11.